The van der Waals surface area contributed by atoms with E-state index in [0.29, 0.717) is 4.90 Å². The third-order valence-electron chi connectivity index (χ3n) is 2.39. The maximum absolute atomic E-state index is 11.7. The highest BCUT2D eigenvalue weighted by molar-refractivity contribution is 7.94. The second kappa shape index (κ2) is 2.85. The molecule has 0 atom stereocenters. The van der Waals surface area contributed by atoms with Crippen molar-refractivity contribution >= 4 is 15.5 Å². The minimum atomic E-state index is -3.23. The van der Waals surface area contributed by atoms with Crippen LogP contribution in [0.25, 0.3) is 0 Å². The van der Waals surface area contributed by atoms with E-state index in [0.717, 1.165) is 11.4 Å². The lowest BCUT2D eigenvalue weighted by molar-refractivity contribution is 0.603. The lowest BCUT2D eigenvalue weighted by atomic mass is 10.3. The minimum absolute atomic E-state index is 0.383. The quantitative estimate of drug-likeness (QED) is 0.653. The van der Waals surface area contributed by atoms with Gasteiger partial charge >= 0.3 is 0 Å². The lowest BCUT2D eigenvalue weighted by Gasteiger charge is -2.26. The Balaban J connectivity index is 2.77. The number of anilines is 1. The Bertz CT molecular complexity index is 503. The van der Waals surface area contributed by atoms with Crippen LogP contribution in [0.5, 0.6) is 0 Å². The zero-order valence-electron chi connectivity index (χ0n) is 8.06. The van der Waals surface area contributed by atoms with Crippen molar-refractivity contribution in [2.24, 2.45) is 0 Å². The molecule has 0 amide bonds. The van der Waals surface area contributed by atoms with Gasteiger partial charge in [-0.25, -0.2) is 8.42 Å². The Morgan fingerprint density at radius 2 is 1.86 bits per heavy atom. The Morgan fingerprint density at radius 1 is 1.21 bits per heavy atom. The first kappa shape index (κ1) is 9.27. The van der Waals surface area contributed by atoms with Crippen molar-refractivity contribution in [1.29, 1.82) is 0 Å². The van der Waals surface area contributed by atoms with Gasteiger partial charge in [-0.2, -0.15) is 0 Å². The number of benzene rings is 1. The van der Waals surface area contributed by atoms with Crippen LogP contribution < -0.4 is 4.90 Å². The Labute approximate surface area is 83.6 Å². The first-order valence-electron chi connectivity index (χ1n) is 4.28. The lowest BCUT2D eigenvalue weighted by Crippen LogP contribution is -2.22. The third-order valence-corrected chi connectivity index (χ3v) is 4.00. The van der Waals surface area contributed by atoms with Crippen LogP contribution in [0.3, 0.4) is 0 Å². The predicted octanol–water partition coefficient (Wildman–Crippen LogP) is 1.77. The van der Waals surface area contributed by atoms with Crippen LogP contribution in [0, 0.1) is 0 Å². The summed E-state index contributed by atoms with van der Waals surface area (Å²) in [6.45, 7) is 1.79. The zero-order valence-corrected chi connectivity index (χ0v) is 8.88. The molecule has 74 valence electrons. The van der Waals surface area contributed by atoms with E-state index in [-0.39, 0.29) is 0 Å². The van der Waals surface area contributed by atoms with Gasteiger partial charge in [-0.3, -0.25) is 0 Å². The van der Waals surface area contributed by atoms with E-state index in [4.69, 9.17) is 0 Å². The maximum atomic E-state index is 11.7. The summed E-state index contributed by atoms with van der Waals surface area (Å²) in [5.41, 5.74) is 1.48. The standard InChI is InChI=1S/C10H11NO2S/c1-8-7-14(12,13)10-6-4-3-5-9(10)11(8)2/h3-7H,1-2H3. The molecule has 0 saturated carbocycles. The number of fused-ring (bicyclic) bond motifs is 1. The molecule has 0 aliphatic carbocycles. The molecule has 1 aromatic carbocycles. The second-order valence-electron chi connectivity index (χ2n) is 3.33. The Hall–Kier alpha value is -1.29. The molecule has 0 fully saturated rings. The molecule has 1 heterocycles. The van der Waals surface area contributed by atoms with Gasteiger partial charge in [-0.1, -0.05) is 12.1 Å². The third kappa shape index (κ3) is 1.23. The molecule has 2 rings (SSSR count). The van der Waals surface area contributed by atoms with Gasteiger partial charge in [0.05, 0.1) is 16.0 Å². The van der Waals surface area contributed by atoms with E-state index in [1.165, 1.54) is 5.41 Å². The molecule has 0 aromatic heterocycles. The van der Waals surface area contributed by atoms with Crippen LogP contribution in [0.4, 0.5) is 5.69 Å². The molecule has 0 spiro atoms. The highest BCUT2D eigenvalue weighted by Crippen LogP contribution is 2.32. The summed E-state index contributed by atoms with van der Waals surface area (Å²) in [5, 5.41) is 1.30. The molecule has 14 heavy (non-hydrogen) atoms. The molecule has 0 unspecified atom stereocenters. The topological polar surface area (TPSA) is 37.4 Å². The van der Waals surface area contributed by atoms with Crippen LogP contribution in [-0.2, 0) is 9.84 Å². The number of hydrogen-bond acceptors (Lipinski definition) is 3. The molecule has 1 aliphatic rings. The highest BCUT2D eigenvalue weighted by atomic mass is 32.2. The molecule has 0 saturated heterocycles. The van der Waals surface area contributed by atoms with Crippen molar-refractivity contribution in [2.45, 2.75) is 11.8 Å². The van der Waals surface area contributed by atoms with E-state index >= 15 is 0 Å². The Kier molecular flexibility index (Phi) is 1.89. The van der Waals surface area contributed by atoms with Crippen molar-refractivity contribution < 1.29 is 8.42 Å². The van der Waals surface area contributed by atoms with Gasteiger partial charge in [0.2, 0.25) is 9.84 Å². The summed E-state index contributed by atoms with van der Waals surface area (Å²) >= 11 is 0. The fraction of sp³-hybridized carbons (Fsp3) is 0.200. The molecule has 0 bridgehead atoms. The molecule has 1 aliphatic heterocycles. The summed E-state index contributed by atoms with van der Waals surface area (Å²) in [5.74, 6) is 0. The van der Waals surface area contributed by atoms with Gasteiger partial charge in [0.25, 0.3) is 0 Å². The summed E-state index contributed by atoms with van der Waals surface area (Å²) in [6.07, 6.45) is 0. The van der Waals surface area contributed by atoms with E-state index in [1.807, 2.05) is 24.1 Å². The largest absolute Gasteiger partial charge is 0.347 e. The second-order valence-corrected chi connectivity index (χ2v) is 5.10. The molecule has 3 nitrogen and oxygen atoms in total. The van der Waals surface area contributed by atoms with Crippen LogP contribution in [0.1, 0.15) is 6.92 Å². The molecule has 1 aromatic rings. The summed E-state index contributed by atoms with van der Waals surface area (Å²) in [7, 11) is -1.37. The number of nitrogens with zero attached hydrogens (tertiary/aromatic N) is 1. The van der Waals surface area contributed by atoms with Crippen molar-refractivity contribution in [3.63, 3.8) is 0 Å². The fourth-order valence-electron chi connectivity index (χ4n) is 1.53. The molecule has 0 radical (unpaired) electrons. The first-order chi connectivity index (χ1) is 6.52. The SMILES string of the molecule is CC1=CS(=O)(=O)c2ccccc2N1C. The highest BCUT2D eigenvalue weighted by Gasteiger charge is 2.24. The summed E-state index contributed by atoms with van der Waals surface area (Å²) < 4.78 is 23.5. The van der Waals surface area contributed by atoms with Crippen molar-refractivity contribution in [3.05, 3.63) is 35.4 Å². The van der Waals surface area contributed by atoms with Crippen LogP contribution in [-0.4, -0.2) is 15.5 Å². The maximum Gasteiger partial charge on any atom is 0.203 e. The van der Waals surface area contributed by atoms with Gasteiger partial charge in [-0.05, 0) is 19.1 Å². The molecular formula is C10H11NO2S. The summed E-state index contributed by atoms with van der Waals surface area (Å²) in [4.78, 5) is 2.25. The molecular weight excluding hydrogens is 198 g/mol. The van der Waals surface area contributed by atoms with Gasteiger partial charge < -0.3 is 4.90 Å². The minimum Gasteiger partial charge on any atom is -0.347 e. The van der Waals surface area contributed by atoms with Gasteiger partial charge in [0, 0.05) is 12.7 Å². The average Bonchev–Trinajstić information content (AvgIpc) is 2.14. The first-order valence-corrected chi connectivity index (χ1v) is 5.83. The monoisotopic (exact) mass is 209 g/mol. The zero-order chi connectivity index (χ0) is 10.3. The number of hydrogen-bond donors (Lipinski definition) is 0. The van der Waals surface area contributed by atoms with Crippen LogP contribution in [0.15, 0.2) is 40.3 Å². The Morgan fingerprint density at radius 3 is 2.57 bits per heavy atom. The van der Waals surface area contributed by atoms with Gasteiger partial charge in [0.15, 0.2) is 0 Å². The van der Waals surface area contributed by atoms with E-state index in [2.05, 4.69) is 0 Å². The molecule has 0 N–H and O–H groups in total. The number of allylic oxidation sites excluding steroid dienone is 1. The van der Waals surface area contributed by atoms with E-state index in [1.54, 1.807) is 19.1 Å². The van der Waals surface area contributed by atoms with Crippen LogP contribution in [0.2, 0.25) is 0 Å². The van der Waals surface area contributed by atoms with Crippen molar-refractivity contribution in [1.82, 2.24) is 0 Å². The smallest absolute Gasteiger partial charge is 0.203 e. The average molecular weight is 209 g/mol. The van der Waals surface area contributed by atoms with Gasteiger partial charge in [-0.15, -0.1) is 0 Å². The van der Waals surface area contributed by atoms with E-state index in [9.17, 15) is 8.42 Å². The molecule has 4 heteroatoms. The van der Waals surface area contributed by atoms with Crippen molar-refractivity contribution in [3.8, 4) is 0 Å². The number of sulfone groups is 1. The number of para-hydroxylation sites is 1. The van der Waals surface area contributed by atoms with Crippen molar-refractivity contribution in [2.75, 3.05) is 11.9 Å². The van der Waals surface area contributed by atoms with E-state index < -0.39 is 9.84 Å². The summed E-state index contributed by atoms with van der Waals surface area (Å²) in [6, 6.07) is 7.01. The predicted molar refractivity (Wildman–Crippen MR) is 55.8 cm³/mol. The number of rotatable bonds is 0. The normalized spacial score (nSPS) is 18.7. The fourth-order valence-corrected chi connectivity index (χ4v) is 3.03. The van der Waals surface area contributed by atoms with Gasteiger partial charge in [0.1, 0.15) is 0 Å². The van der Waals surface area contributed by atoms with Crippen LogP contribution >= 0.6 is 0 Å².